The molecule has 110 valence electrons. The van der Waals surface area contributed by atoms with Crippen LogP contribution in [0.3, 0.4) is 0 Å². The second-order valence-corrected chi connectivity index (χ2v) is 6.00. The molecule has 0 aliphatic carbocycles. The van der Waals surface area contributed by atoms with E-state index in [2.05, 4.69) is 44.8 Å². The molecule has 4 heteroatoms. The van der Waals surface area contributed by atoms with Gasteiger partial charge in [-0.05, 0) is 33.2 Å². The summed E-state index contributed by atoms with van der Waals surface area (Å²) >= 11 is 1.87. The van der Waals surface area contributed by atoms with Crippen LogP contribution >= 0.6 is 11.3 Å². The molecular weight excluding hydrogens is 254 g/mol. The molecule has 0 fully saturated rings. The highest BCUT2D eigenvalue weighted by molar-refractivity contribution is 7.15. The number of anilines is 1. The van der Waals surface area contributed by atoms with Crippen molar-refractivity contribution in [2.75, 3.05) is 18.0 Å². The minimum absolute atomic E-state index is 0.567. The number of hydrogen-bond donors (Lipinski definition) is 1. The molecule has 3 nitrogen and oxygen atoms in total. The zero-order chi connectivity index (χ0) is 14.3. The number of rotatable bonds is 9. The monoisotopic (exact) mass is 283 g/mol. The first-order chi connectivity index (χ1) is 9.17. The third-order valence-electron chi connectivity index (χ3n) is 3.50. The molecule has 0 radical (unpaired) electrons. The van der Waals surface area contributed by atoms with Crippen LogP contribution in [0.5, 0.6) is 0 Å². The normalized spacial score (nSPS) is 12.7. The number of nitrogens with one attached hydrogen (secondary N) is 1. The predicted octanol–water partition coefficient (Wildman–Crippen LogP) is 3.83. The van der Waals surface area contributed by atoms with Crippen molar-refractivity contribution in [3.05, 3.63) is 10.6 Å². The van der Waals surface area contributed by atoms with Gasteiger partial charge in [0.05, 0.1) is 5.69 Å². The third kappa shape index (κ3) is 4.46. The highest BCUT2D eigenvalue weighted by atomic mass is 32.1. The Balaban J connectivity index is 2.93. The highest BCUT2D eigenvalue weighted by Gasteiger charge is 2.18. The van der Waals surface area contributed by atoms with Gasteiger partial charge < -0.3 is 10.2 Å². The van der Waals surface area contributed by atoms with Crippen LogP contribution in [0.4, 0.5) is 5.13 Å². The number of hydrogen-bond acceptors (Lipinski definition) is 4. The van der Waals surface area contributed by atoms with Gasteiger partial charge in [-0.25, -0.2) is 4.98 Å². The van der Waals surface area contributed by atoms with Crippen molar-refractivity contribution in [1.29, 1.82) is 0 Å². The van der Waals surface area contributed by atoms with Crippen LogP contribution in [0.2, 0.25) is 0 Å². The van der Waals surface area contributed by atoms with Crippen LogP contribution in [0.15, 0.2) is 0 Å². The lowest BCUT2D eigenvalue weighted by atomic mass is 10.2. The molecule has 0 amide bonds. The van der Waals surface area contributed by atoms with Crippen molar-refractivity contribution in [3.63, 3.8) is 0 Å². The van der Waals surface area contributed by atoms with Crippen molar-refractivity contribution >= 4 is 16.5 Å². The van der Waals surface area contributed by atoms with Crippen molar-refractivity contribution in [1.82, 2.24) is 10.3 Å². The maximum atomic E-state index is 4.90. The quantitative estimate of drug-likeness (QED) is 0.746. The molecule has 1 heterocycles. The first-order valence-electron chi connectivity index (χ1n) is 7.63. The summed E-state index contributed by atoms with van der Waals surface area (Å²) in [6.45, 7) is 14.1. The van der Waals surface area contributed by atoms with E-state index in [1.165, 1.54) is 22.1 Å². The molecule has 1 aromatic heterocycles. The Morgan fingerprint density at radius 3 is 2.53 bits per heavy atom. The summed E-state index contributed by atoms with van der Waals surface area (Å²) in [5.74, 6) is 0. The van der Waals surface area contributed by atoms with Crippen LogP contribution in [-0.4, -0.2) is 24.1 Å². The summed E-state index contributed by atoms with van der Waals surface area (Å²) in [4.78, 5) is 8.74. The number of thiazole rings is 1. The zero-order valence-corrected chi connectivity index (χ0v) is 13.9. The molecule has 1 rings (SSSR count). The topological polar surface area (TPSA) is 28.2 Å². The van der Waals surface area contributed by atoms with Crippen LogP contribution in [0.25, 0.3) is 0 Å². The fourth-order valence-electron chi connectivity index (χ4n) is 2.16. The van der Waals surface area contributed by atoms with E-state index >= 15 is 0 Å². The van der Waals surface area contributed by atoms with Crippen molar-refractivity contribution in [2.24, 2.45) is 0 Å². The van der Waals surface area contributed by atoms with E-state index in [-0.39, 0.29) is 0 Å². The predicted molar refractivity (Wildman–Crippen MR) is 86.3 cm³/mol. The summed E-state index contributed by atoms with van der Waals surface area (Å²) in [7, 11) is 0. The van der Waals surface area contributed by atoms with E-state index in [1.54, 1.807) is 0 Å². The van der Waals surface area contributed by atoms with Gasteiger partial charge in [-0.1, -0.05) is 27.2 Å². The fraction of sp³-hybridized carbons (Fsp3) is 0.800. The van der Waals surface area contributed by atoms with Crippen LogP contribution in [0, 0.1) is 0 Å². The average Bonchev–Trinajstić information content (AvgIpc) is 2.80. The molecule has 1 aromatic rings. The van der Waals surface area contributed by atoms with Crippen molar-refractivity contribution in [3.8, 4) is 0 Å². The first-order valence-corrected chi connectivity index (χ1v) is 8.45. The number of nitrogens with zero attached hydrogens (tertiary/aromatic N) is 2. The van der Waals surface area contributed by atoms with Crippen LogP contribution in [0.1, 0.15) is 58.0 Å². The Hall–Kier alpha value is -0.610. The van der Waals surface area contributed by atoms with E-state index in [1.807, 2.05) is 11.3 Å². The van der Waals surface area contributed by atoms with Gasteiger partial charge >= 0.3 is 0 Å². The van der Waals surface area contributed by atoms with E-state index in [0.717, 1.165) is 32.5 Å². The van der Waals surface area contributed by atoms with Crippen LogP contribution in [-0.2, 0) is 13.0 Å². The van der Waals surface area contributed by atoms with Crippen molar-refractivity contribution < 1.29 is 0 Å². The Morgan fingerprint density at radius 2 is 2.00 bits per heavy atom. The third-order valence-corrected chi connectivity index (χ3v) is 4.63. The molecule has 1 atom stereocenters. The summed E-state index contributed by atoms with van der Waals surface area (Å²) < 4.78 is 0. The van der Waals surface area contributed by atoms with E-state index in [9.17, 15) is 0 Å². The molecule has 19 heavy (non-hydrogen) atoms. The fourth-order valence-corrected chi connectivity index (χ4v) is 3.40. The Labute approximate surface area is 122 Å². The van der Waals surface area contributed by atoms with Gasteiger partial charge in [-0.2, -0.15) is 0 Å². The molecule has 0 aliphatic rings. The van der Waals surface area contributed by atoms with Gasteiger partial charge in [0.2, 0.25) is 0 Å². The largest absolute Gasteiger partial charge is 0.346 e. The molecule has 0 aliphatic heterocycles. The van der Waals surface area contributed by atoms with E-state index < -0.39 is 0 Å². The lowest BCUT2D eigenvalue weighted by Crippen LogP contribution is -2.32. The van der Waals surface area contributed by atoms with Gasteiger partial charge in [-0.15, -0.1) is 11.3 Å². The molecule has 0 saturated carbocycles. The SMILES string of the molecule is CCCc1nc(N(CC)C(C)CC)sc1CNCC. The lowest BCUT2D eigenvalue weighted by molar-refractivity contribution is 0.627. The van der Waals surface area contributed by atoms with Crippen molar-refractivity contribution in [2.45, 2.75) is 66.5 Å². The summed E-state index contributed by atoms with van der Waals surface area (Å²) in [6.07, 6.45) is 3.42. The molecule has 0 bridgehead atoms. The van der Waals surface area contributed by atoms with E-state index in [4.69, 9.17) is 4.98 Å². The standard InChI is InChI=1S/C15H29N3S/c1-6-10-13-14(11-16-8-3)19-15(17-13)18(9-4)12(5)7-2/h12,16H,6-11H2,1-5H3. The molecule has 1 N–H and O–H groups in total. The van der Waals surface area contributed by atoms with Gasteiger partial charge in [0.25, 0.3) is 0 Å². The molecule has 0 spiro atoms. The average molecular weight is 283 g/mol. The maximum absolute atomic E-state index is 4.90. The Kier molecular flexibility index (Phi) is 7.39. The molecular formula is C15H29N3S. The highest BCUT2D eigenvalue weighted by Crippen LogP contribution is 2.29. The van der Waals surface area contributed by atoms with Gasteiger partial charge in [-0.3, -0.25) is 0 Å². The second-order valence-electron chi connectivity index (χ2n) is 4.94. The second kappa shape index (κ2) is 8.54. The Bertz CT molecular complexity index is 362. The molecule has 0 aromatic carbocycles. The van der Waals surface area contributed by atoms with E-state index in [0.29, 0.717) is 6.04 Å². The summed E-state index contributed by atoms with van der Waals surface area (Å²) in [6, 6.07) is 0.567. The van der Waals surface area contributed by atoms with Gasteiger partial charge in [0.1, 0.15) is 0 Å². The van der Waals surface area contributed by atoms with Gasteiger partial charge in [0, 0.05) is 24.0 Å². The number of aryl methyl sites for hydroxylation is 1. The zero-order valence-electron chi connectivity index (χ0n) is 13.1. The summed E-state index contributed by atoms with van der Waals surface area (Å²) in [5.41, 5.74) is 1.30. The van der Waals surface area contributed by atoms with Gasteiger partial charge in [0.15, 0.2) is 5.13 Å². The smallest absolute Gasteiger partial charge is 0.186 e. The van der Waals surface area contributed by atoms with Crippen LogP contribution < -0.4 is 10.2 Å². The summed E-state index contributed by atoms with van der Waals surface area (Å²) in [5, 5.41) is 4.63. The molecule has 0 saturated heterocycles. The number of aromatic nitrogens is 1. The lowest BCUT2D eigenvalue weighted by Gasteiger charge is -2.26. The molecule has 1 unspecified atom stereocenters. The first kappa shape index (κ1) is 16.4. The maximum Gasteiger partial charge on any atom is 0.186 e. The Morgan fingerprint density at radius 1 is 1.26 bits per heavy atom. The minimum atomic E-state index is 0.567. The minimum Gasteiger partial charge on any atom is -0.346 e.